The van der Waals surface area contributed by atoms with Crippen LogP contribution in [0, 0.1) is 13.8 Å². The maximum atomic E-state index is 12.7. The van der Waals surface area contributed by atoms with Crippen LogP contribution in [0.1, 0.15) is 49.1 Å². The molecule has 0 aromatic carbocycles. The fraction of sp³-hybridized carbons (Fsp3) is 0.615. The van der Waals surface area contributed by atoms with Gasteiger partial charge in [0.1, 0.15) is 22.0 Å². The molecular weight excluding hydrogens is 282 g/mol. The first kappa shape index (κ1) is 16.7. The number of aryl methyl sites for hydroxylation is 2. The van der Waals surface area contributed by atoms with Crippen molar-refractivity contribution in [3.8, 4) is 0 Å². The van der Waals surface area contributed by atoms with Crippen LogP contribution in [0.2, 0.25) is 0 Å². The highest BCUT2D eigenvalue weighted by atomic mass is 32.2. The van der Waals surface area contributed by atoms with E-state index in [2.05, 4.69) is 0 Å². The molecule has 114 valence electrons. The standard InChI is InChI=1S/C13H21NO5S/c1-6-8(3)14(7-2)20(17,18)12-10(5)19-9(4)11(12)13(15)16/h8H,6-7H2,1-5H3,(H,15,16). The third kappa shape index (κ3) is 2.73. The van der Waals surface area contributed by atoms with Crippen LogP contribution in [0.5, 0.6) is 0 Å². The minimum absolute atomic E-state index is 0.105. The van der Waals surface area contributed by atoms with E-state index in [0.29, 0.717) is 6.42 Å². The van der Waals surface area contributed by atoms with Gasteiger partial charge in [-0.3, -0.25) is 0 Å². The first-order valence-corrected chi connectivity index (χ1v) is 7.97. The second-order valence-electron chi connectivity index (χ2n) is 4.69. The van der Waals surface area contributed by atoms with E-state index >= 15 is 0 Å². The summed E-state index contributed by atoms with van der Waals surface area (Å²) in [7, 11) is -3.89. The summed E-state index contributed by atoms with van der Waals surface area (Å²) in [4.78, 5) is 11.1. The number of furan rings is 1. The molecule has 1 aromatic heterocycles. The van der Waals surface area contributed by atoms with Gasteiger partial charge in [0.2, 0.25) is 10.0 Å². The van der Waals surface area contributed by atoms with E-state index in [1.54, 1.807) is 13.8 Å². The topological polar surface area (TPSA) is 87.8 Å². The predicted octanol–water partition coefficient (Wildman–Crippen LogP) is 2.40. The number of sulfonamides is 1. The molecule has 0 spiro atoms. The van der Waals surface area contributed by atoms with Gasteiger partial charge in [-0.25, -0.2) is 13.2 Å². The highest BCUT2D eigenvalue weighted by Gasteiger charge is 2.36. The molecule has 0 fully saturated rings. The molecule has 0 aliphatic heterocycles. The summed E-state index contributed by atoms with van der Waals surface area (Å²) in [6.45, 7) is 8.61. The lowest BCUT2D eigenvalue weighted by atomic mass is 10.2. The summed E-state index contributed by atoms with van der Waals surface area (Å²) < 4.78 is 32.0. The molecule has 1 heterocycles. The number of carboxylic acids is 1. The lowest BCUT2D eigenvalue weighted by Crippen LogP contribution is -2.38. The van der Waals surface area contributed by atoms with Gasteiger partial charge in [0.15, 0.2) is 0 Å². The third-order valence-corrected chi connectivity index (χ3v) is 5.62. The zero-order valence-electron chi connectivity index (χ0n) is 12.4. The number of hydrogen-bond acceptors (Lipinski definition) is 4. The Morgan fingerprint density at radius 2 is 1.85 bits per heavy atom. The predicted molar refractivity (Wildman–Crippen MR) is 74.5 cm³/mol. The molecule has 0 saturated heterocycles. The van der Waals surface area contributed by atoms with E-state index in [0.717, 1.165) is 0 Å². The van der Waals surface area contributed by atoms with Crippen LogP contribution in [-0.2, 0) is 10.0 Å². The van der Waals surface area contributed by atoms with Crippen LogP contribution in [0.25, 0.3) is 0 Å². The van der Waals surface area contributed by atoms with Crippen molar-refractivity contribution in [3.05, 3.63) is 17.1 Å². The van der Waals surface area contributed by atoms with E-state index in [1.807, 2.05) is 6.92 Å². The van der Waals surface area contributed by atoms with Crippen LogP contribution in [0.3, 0.4) is 0 Å². The smallest absolute Gasteiger partial charge is 0.340 e. The SMILES string of the molecule is CCC(C)N(CC)S(=O)(=O)c1c(C)oc(C)c1C(=O)O. The summed E-state index contributed by atoms with van der Waals surface area (Å²) in [5.41, 5.74) is -0.274. The quantitative estimate of drug-likeness (QED) is 0.871. The van der Waals surface area contributed by atoms with E-state index in [9.17, 15) is 18.3 Å². The summed E-state index contributed by atoms with van der Waals surface area (Å²) in [5.74, 6) is -1.08. The lowest BCUT2D eigenvalue weighted by molar-refractivity contribution is 0.0691. The van der Waals surface area contributed by atoms with Crippen LogP contribution >= 0.6 is 0 Å². The Morgan fingerprint density at radius 1 is 1.30 bits per heavy atom. The van der Waals surface area contributed by atoms with Gasteiger partial charge in [-0.15, -0.1) is 0 Å². The van der Waals surface area contributed by atoms with Gasteiger partial charge in [-0.05, 0) is 27.2 Å². The van der Waals surface area contributed by atoms with Gasteiger partial charge < -0.3 is 9.52 Å². The summed E-state index contributed by atoms with van der Waals surface area (Å²) in [6, 6.07) is -0.207. The zero-order valence-corrected chi connectivity index (χ0v) is 13.2. The number of nitrogens with zero attached hydrogens (tertiary/aromatic N) is 1. The number of carboxylic acid groups (broad SMARTS) is 1. The number of aromatic carboxylic acids is 1. The van der Waals surface area contributed by atoms with Gasteiger partial charge in [0, 0.05) is 12.6 Å². The van der Waals surface area contributed by atoms with Crippen molar-refractivity contribution in [1.82, 2.24) is 4.31 Å². The highest BCUT2D eigenvalue weighted by molar-refractivity contribution is 7.89. The van der Waals surface area contributed by atoms with Crippen LogP contribution in [-0.4, -0.2) is 36.4 Å². The van der Waals surface area contributed by atoms with Crippen LogP contribution < -0.4 is 0 Å². The van der Waals surface area contributed by atoms with Gasteiger partial charge in [0.05, 0.1) is 0 Å². The summed E-state index contributed by atoms with van der Waals surface area (Å²) >= 11 is 0. The third-order valence-electron chi connectivity index (χ3n) is 3.38. The highest BCUT2D eigenvalue weighted by Crippen LogP contribution is 2.30. The van der Waals surface area contributed by atoms with Crippen LogP contribution in [0.4, 0.5) is 0 Å². The normalized spacial score (nSPS) is 13.7. The largest absolute Gasteiger partial charge is 0.478 e. The fourth-order valence-electron chi connectivity index (χ4n) is 2.26. The number of rotatable bonds is 6. The maximum Gasteiger partial charge on any atom is 0.340 e. The molecule has 0 radical (unpaired) electrons. The van der Waals surface area contributed by atoms with Crippen molar-refractivity contribution in [2.75, 3.05) is 6.54 Å². The van der Waals surface area contributed by atoms with Crippen LogP contribution in [0.15, 0.2) is 9.31 Å². The van der Waals surface area contributed by atoms with Crippen molar-refractivity contribution in [3.63, 3.8) is 0 Å². The monoisotopic (exact) mass is 303 g/mol. The Balaban J connectivity index is 3.54. The van der Waals surface area contributed by atoms with Crippen molar-refractivity contribution in [2.45, 2.75) is 52.0 Å². The molecule has 7 heteroatoms. The zero-order chi connectivity index (χ0) is 15.7. The van der Waals surface area contributed by atoms with Crippen molar-refractivity contribution < 1.29 is 22.7 Å². The minimum Gasteiger partial charge on any atom is -0.478 e. The van der Waals surface area contributed by atoms with Gasteiger partial charge >= 0.3 is 5.97 Å². The maximum absolute atomic E-state index is 12.7. The van der Waals surface area contributed by atoms with E-state index in [1.165, 1.54) is 18.2 Å². The molecule has 6 nitrogen and oxygen atoms in total. The number of carbonyl (C=O) groups is 1. The van der Waals surface area contributed by atoms with Gasteiger partial charge in [-0.2, -0.15) is 4.31 Å². The Bertz CT molecular complexity index is 603. The van der Waals surface area contributed by atoms with Gasteiger partial charge in [0.25, 0.3) is 0 Å². The molecule has 1 unspecified atom stereocenters. The fourth-order valence-corrected chi connectivity index (χ4v) is 4.35. The van der Waals surface area contributed by atoms with E-state index in [-0.39, 0.29) is 34.6 Å². The molecule has 0 aliphatic rings. The Kier molecular flexibility index (Phi) is 4.99. The first-order valence-electron chi connectivity index (χ1n) is 6.53. The van der Waals surface area contributed by atoms with Crippen molar-refractivity contribution >= 4 is 16.0 Å². The summed E-state index contributed by atoms with van der Waals surface area (Å²) in [6.07, 6.45) is 0.644. The minimum atomic E-state index is -3.89. The molecule has 0 saturated carbocycles. The second-order valence-corrected chi connectivity index (χ2v) is 6.52. The first-order chi connectivity index (χ1) is 9.18. The average molecular weight is 303 g/mol. The molecule has 0 aliphatic carbocycles. The lowest BCUT2D eigenvalue weighted by Gasteiger charge is -2.26. The Hall–Kier alpha value is -1.34. The molecule has 1 rings (SSSR count). The van der Waals surface area contributed by atoms with E-state index < -0.39 is 16.0 Å². The molecule has 1 aromatic rings. The Morgan fingerprint density at radius 3 is 2.25 bits per heavy atom. The van der Waals surface area contributed by atoms with Crippen molar-refractivity contribution in [2.24, 2.45) is 0 Å². The number of hydrogen-bond donors (Lipinski definition) is 1. The summed E-state index contributed by atoms with van der Waals surface area (Å²) in [5, 5.41) is 9.23. The molecule has 1 N–H and O–H groups in total. The molecule has 0 amide bonds. The van der Waals surface area contributed by atoms with Gasteiger partial charge in [-0.1, -0.05) is 13.8 Å². The van der Waals surface area contributed by atoms with Crippen molar-refractivity contribution in [1.29, 1.82) is 0 Å². The molecule has 20 heavy (non-hydrogen) atoms. The Labute approximate surface area is 119 Å². The second kappa shape index (κ2) is 5.97. The molecule has 1 atom stereocenters. The van der Waals surface area contributed by atoms with E-state index in [4.69, 9.17) is 4.42 Å². The molecule has 0 bridgehead atoms. The average Bonchev–Trinajstić information content (AvgIpc) is 2.65. The molecular formula is C13H21NO5S.